The molecule has 0 aromatic heterocycles. The van der Waals surface area contributed by atoms with Crippen molar-refractivity contribution in [1.82, 2.24) is 0 Å². The Balaban J connectivity index is 4.19. The molecule has 90 valence electrons. The molecule has 0 rings (SSSR count). The summed E-state index contributed by atoms with van der Waals surface area (Å²) >= 11 is 5.32. The summed E-state index contributed by atoms with van der Waals surface area (Å²) in [6.45, 7) is 3.08. The van der Waals surface area contributed by atoms with Gasteiger partial charge in [-0.05, 0) is 12.8 Å². The van der Waals surface area contributed by atoms with Crippen LogP contribution in [0.5, 0.6) is 0 Å². The van der Waals surface area contributed by atoms with Crippen LogP contribution in [0.4, 0.5) is 13.2 Å². The third-order valence-electron chi connectivity index (χ3n) is 1.35. The van der Waals surface area contributed by atoms with Crippen molar-refractivity contribution in [2.24, 2.45) is 0 Å². The Hall–Kier alpha value is -0.430. The minimum Gasteiger partial charge on any atom is -0.381 e. The molecule has 3 nitrogen and oxygen atoms in total. The second kappa shape index (κ2) is 5.60. The molecule has 0 aliphatic rings. The predicted octanol–water partition coefficient (Wildman–Crippen LogP) is 2.78. The summed E-state index contributed by atoms with van der Waals surface area (Å²) in [5.74, 6) is -0.0864. The lowest BCUT2D eigenvalue weighted by molar-refractivity contribution is -0.0523. The minimum absolute atomic E-state index is 0.0298. The van der Waals surface area contributed by atoms with Gasteiger partial charge in [0.25, 0.3) is 0 Å². The summed E-state index contributed by atoms with van der Waals surface area (Å²) in [5, 5.41) is 0. The lowest BCUT2D eigenvalue weighted by Crippen LogP contribution is -2.25. The largest absolute Gasteiger partial charge is 0.534 e. The minimum atomic E-state index is -5.57. The molecule has 0 aliphatic carbocycles. The van der Waals surface area contributed by atoms with Gasteiger partial charge in [-0.25, -0.2) is 0 Å². The van der Waals surface area contributed by atoms with Gasteiger partial charge in [0.15, 0.2) is 0 Å². The maximum atomic E-state index is 11.8. The first-order valence-electron chi connectivity index (χ1n) is 3.95. The quantitative estimate of drug-likeness (QED) is 0.244. The topological polar surface area (TPSA) is 43.4 Å². The van der Waals surface area contributed by atoms with Crippen LogP contribution >= 0.6 is 11.6 Å². The SMILES string of the molecule is C=C(CCCCCl)OS(=O)(=O)C(F)(F)F. The van der Waals surface area contributed by atoms with E-state index >= 15 is 0 Å². The van der Waals surface area contributed by atoms with Crippen LogP contribution in [0.2, 0.25) is 0 Å². The Morgan fingerprint density at radius 3 is 2.27 bits per heavy atom. The van der Waals surface area contributed by atoms with Gasteiger partial charge in [-0.1, -0.05) is 6.58 Å². The Labute approximate surface area is 91.0 Å². The fourth-order valence-corrected chi connectivity index (χ4v) is 1.34. The molecule has 0 atom stereocenters. The Bertz CT molecular complexity index is 310. The van der Waals surface area contributed by atoms with Crippen molar-refractivity contribution in [3.63, 3.8) is 0 Å². The molecule has 0 fully saturated rings. The number of rotatable bonds is 6. The highest BCUT2D eigenvalue weighted by Gasteiger charge is 2.48. The zero-order chi connectivity index (χ0) is 12.1. The van der Waals surface area contributed by atoms with E-state index < -0.39 is 21.4 Å². The van der Waals surface area contributed by atoms with E-state index in [0.29, 0.717) is 18.7 Å². The first-order chi connectivity index (χ1) is 6.70. The molecule has 0 amide bonds. The summed E-state index contributed by atoms with van der Waals surface area (Å²) in [4.78, 5) is 0. The van der Waals surface area contributed by atoms with Gasteiger partial charge in [0.2, 0.25) is 0 Å². The summed E-state index contributed by atoms with van der Waals surface area (Å²) in [6, 6.07) is 0. The number of hydrogen-bond acceptors (Lipinski definition) is 3. The van der Waals surface area contributed by atoms with Crippen molar-refractivity contribution in [2.75, 3.05) is 5.88 Å². The molecule has 0 heterocycles. The van der Waals surface area contributed by atoms with Crippen molar-refractivity contribution in [3.8, 4) is 0 Å². The highest BCUT2D eigenvalue weighted by molar-refractivity contribution is 7.87. The van der Waals surface area contributed by atoms with Crippen LogP contribution in [0.25, 0.3) is 0 Å². The molecule has 0 saturated carbocycles. The fourth-order valence-electron chi connectivity index (χ4n) is 0.661. The Kier molecular flexibility index (Phi) is 5.44. The van der Waals surface area contributed by atoms with Crippen molar-refractivity contribution >= 4 is 21.7 Å². The second-order valence-corrected chi connectivity index (χ2v) is 4.58. The fraction of sp³-hybridized carbons (Fsp3) is 0.714. The van der Waals surface area contributed by atoms with Gasteiger partial charge in [-0.2, -0.15) is 21.6 Å². The molecular weight excluding hydrogens is 257 g/mol. The first kappa shape index (κ1) is 14.6. The van der Waals surface area contributed by atoms with E-state index in [2.05, 4.69) is 10.8 Å². The Morgan fingerprint density at radius 2 is 1.87 bits per heavy atom. The second-order valence-electron chi connectivity index (χ2n) is 2.67. The molecular formula is C7H10ClF3O3S. The summed E-state index contributed by atoms with van der Waals surface area (Å²) in [6.07, 6.45) is 1.01. The van der Waals surface area contributed by atoms with Crippen LogP contribution in [0.1, 0.15) is 19.3 Å². The van der Waals surface area contributed by atoms with Crippen LogP contribution in [0.3, 0.4) is 0 Å². The monoisotopic (exact) mass is 266 g/mol. The number of unbranched alkanes of at least 4 members (excludes halogenated alkanes) is 1. The lowest BCUT2D eigenvalue weighted by atomic mass is 10.2. The van der Waals surface area contributed by atoms with Crippen molar-refractivity contribution in [2.45, 2.75) is 24.8 Å². The third-order valence-corrected chi connectivity index (χ3v) is 2.64. The van der Waals surface area contributed by atoms with E-state index in [1.165, 1.54) is 0 Å². The number of allylic oxidation sites excluding steroid dienone is 1. The molecule has 15 heavy (non-hydrogen) atoms. The van der Waals surface area contributed by atoms with E-state index in [-0.39, 0.29) is 6.42 Å². The van der Waals surface area contributed by atoms with Gasteiger partial charge in [0, 0.05) is 12.3 Å². The van der Waals surface area contributed by atoms with E-state index in [4.69, 9.17) is 11.6 Å². The molecule has 8 heteroatoms. The summed E-state index contributed by atoms with van der Waals surface area (Å²) in [7, 11) is -5.57. The van der Waals surface area contributed by atoms with Crippen molar-refractivity contribution < 1.29 is 25.8 Å². The zero-order valence-electron chi connectivity index (χ0n) is 7.68. The average molecular weight is 267 g/mol. The maximum Gasteiger partial charge on any atom is 0.534 e. The normalized spacial score (nSPS) is 12.5. The maximum absolute atomic E-state index is 11.8. The molecule has 0 N–H and O–H groups in total. The first-order valence-corrected chi connectivity index (χ1v) is 5.89. The average Bonchev–Trinajstić information content (AvgIpc) is 2.01. The molecule has 0 spiro atoms. The summed E-state index contributed by atoms with van der Waals surface area (Å²) < 4.78 is 60.1. The van der Waals surface area contributed by atoms with Crippen LogP contribution in [0.15, 0.2) is 12.3 Å². The molecule has 0 aromatic rings. The van der Waals surface area contributed by atoms with Crippen molar-refractivity contribution in [3.05, 3.63) is 12.3 Å². The predicted molar refractivity (Wildman–Crippen MR) is 49.8 cm³/mol. The molecule has 0 radical (unpaired) electrons. The molecule has 0 aromatic carbocycles. The van der Waals surface area contributed by atoms with E-state index in [1.54, 1.807) is 0 Å². The highest BCUT2D eigenvalue weighted by atomic mass is 35.5. The Morgan fingerprint density at radius 1 is 1.33 bits per heavy atom. The van der Waals surface area contributed by atoms with Gasteiger partial charge in [0.1, 0.15) is 5.76 Å². The van der Waals surface area contributed by atoms with E-state index in [9.17, 15) is 21.6 Å². The molecule has 0 saturated heterocycles. The van der Waals surface area contributed by atoms with Gasteiger partial charge >= 0.3 is 15.6 Å². The number of alkyl halides is 4. The molecule has 0 aliphatic heterocycles. The van der Waals surface area contributed by atoms with Crippen LogP contribution in [-0.2, 0) is 14.3 Å². The van der Waals surface area contributed by atoms with E-state index in [1.807, 2.05) is 0 Å². The zero-order valence-corrected chi connectivity index (χ0v) is 9.25. The van der Waals surface area contributed by atoms with Gasteiger partial charge in [-0.3, -0.25) is 0 Å². The van der Waals surface area contributed by atoms with Crippen LogP contribution in [0, 0.1) is 0 Å². The smallest absolute Gasteiger partial charge is 0.381 e. The molecule has 0 bridgehead atoms. The third kappa shape index (κ3) is 5.27. The number of halogens is 4. The van der Waals surface area contributed by atoms with E-state index in [0.717, 1.165) is 0 Å². The van der Waals surface area contributed by atoms with Gasteiger partial charge in [-0.15, -0.1) is 11.6 Å². The van der Waals surface area contributed by atoms with Crippen molar-refractivity contribution in [1.29, 1.82) is 0 Å². The summed E-state index contributed by atoms with van der Waals surface area (Å²) in [5.41, 5.74) is -5.41. The lowest BCUT2D eigenvalue weighted by Gasteiger charge is -2.10. The standard InChI is InChI=1S/C7H10ClF3O3S/c1-6(4-2-3-5-8)14-15(12,13)7(9,10)11/h1-5H2. The van der Waals surface area contributed by atoms with Crippen LogP contribution in [-0.4, -0.2) is 19.8 Å². The van der Waals surface area contributed by atoms with Gasteiger partial charge < -0.3 is 4.18 Å². The molecule has 0 unspecified atom stereocenters. The highest BCUT2D eigenvalue weighted by Crippen LogP contribution is 2.27. The van der Waals surface area contributed by atoms with Crippen LogP contribution < -0.4 is 0 Å². The van der Waals surface area contributed by atoms with Gasteiger partial charge in [0.05, 0.1) is 0 Å². The number of hydrogen-bond donors (Lipinski definition) is 0.